The smallest absolute Gasteiger partial charge is 0.237 e. The number of carbonyl (C=O) groups excluding carboxylic acids is 1. The van der Waals surface area contributed by atoms with Gasteiger partial charge in [-0.3, -0.25) is 4.79 Å². The van der Waals surface area contributed by atoms with E-state index in [0.29, 0.717) is 39.5 Å². The van der Waals surface area contributed by atoms with Crippen LogP contribution in [0.5, 0.6) is 11.5 Å². The molecule has 0 spiro atoms. The number of amides is 1. The van der Waals surface area contributed by atoms with Gasteiger partial charge in [0.1, 0.15) is 17.2 Å². The number of aromatic nitrogens is 3. The Balaban J connectivity index is 1.26. The summed E-state index contributed by atoms with van der Waals surface area (Å²) in [6, 6.07) is 23.8. The highest BCUT2D eigenvalue weighted by Crippen LogP contribution is 2.31. The second kappa shape index (κ2) is 10.3. The fourth-order valence-corrected chi connectivity index (χ4v) is 3.93. The first-order valence-corrected chi connectivity index (χ1v) is 11.7. The molecule has 0 fully saturated rings. The average Bonchev–Trinajstić information content (AvgIpc) is 3.61. The molecule has 0 aliphatic heterocycles. The molecular formula is C26H20N4O4S. The van der Waals surface area contributed by atoms with Crippen molar-refractivity contribution in [3.8, 4) is 34.4 Å². The fraction of sp³-hybridized carbons (Fsp3) is 0.0769. The molecule has 5 aromatic rings. The molecule has 0 aliphatic carbocycles. The summed E-state index contributed by atoms with van der Waals surface area (Å²) in [5.74, 6) is 2.29. The number of para-hydroxylation sites is 1. The van der Waals surface area contributed by atoms with E-state index in [1.54, 1.807) is 68.0 Å². The van der Waals surface area contributed by atoms with Gasteiger partial charge in [0, 0.05) is 5.69 Å². The van der Waals surface area contributed by atoms with Crippen molar-refractivity contribution in [1.29, 1.82) is 0 Å². The number of ether oxygens (including phenoxy) is 1. The predicted molar refractivity (Wildman–Crippen MR) is 132 cm³/mol. The largest absolute Gasteiger partial charge is 0.463 e. The van der Waals surface area contributed by atoms with Gasteiger partial charge in [0.05, 0.1) is 17.8 Å². The lowest BCUT2D eigenvalue weighted by Crippen LogP contribution is -2.22. The highest BCUT2D eigenvalue weighted by atomic mass is 32.2. The molecule has 3 heterocycles. The van der Waals surface area contributed by atoms with Crippen LogP contribution >= 0.6 is 11.8 Å². The maximum atomic E-state index is 12.8. The van der Waals surface area contributed by atoms with Crippen LogP contribution in [-0.2, 0) is 4.79 Å². The predicted octanol–water partition coefficient (Wildman–Crippen LogP) is 6.30. The van der Waals surface area contributed by atoms with Gasteiger partial charge in [0.15, 0.2) is 17.2 Å². The van der Waals surface area contributed by atoms with Crippen molar-refractivity contribution < 1.29 is 18.4 Å². The van der Waals surface area contributed by atoms with Gasteiger partial charge in [-0.15, -0.1) is 10.2 Å². The topological polar surface area (TPSA) is 103 Å². The molecule has 3 aromatic heterocycles. The van der Waals surface area contributed by atoms with Crippen LogP contribution in [0, 0.1) is 0 Å². The number of thioether (sulfide) groups is 1. The minimum Gasteiger partial charge on any atom is -0.463 e. The monoisotopic (exact) mass is 484 g/mol. The van der Waals surface area contributed by atoms with Crippen LogP contribution in [0.1, 0.15) is 6.92 Å². The third-order valence-corrected chi connectivity index (χ3v) is 5.88. The quantitative estimate of drug-likeness (QED) is 0.256. The van der Waals surface area contributed by atoms with Crippen molar-refractivity contribution >= 4 is 23.4 Å². The molecule has 1 unspecified atom stereocenters. The number of nitrogens with zero attached hydrogens (tertiary/aromatic N) is 3. The summed E-state index contributed by atoms with van der Waals surface area (Å²) in [4.78, 5) is 17.4. The summed E-state index contributed by atoms with van der Waals surface area (Å²) in [6.07, 6.45) is 3.11. The molecule has 0 saturated carbocycles. The van der Waals surface area contributed by atoms with E-state index < -0.39 is 5.25 Å². The first-order chi connectivity index (χ1) is 17.2. The van der Waals surface area contributed by atoms with Crippen LogP contribution in [-0.4, -0.2) is 26.3 Å². The zero-order valence-corrected chi connectivity index (χ0v) is 19.4. The molecule has 35 heavy (non-hydrogen) atoms. The molecule has 2 aromatic carbocycles. The SMILES string of the molecule is CC(Sc1nnc(-c2ccco2)c(-c2ccco2)n1)C(=O)Nc1ccc(Oc2ccccc2)cc1. The summed E-state index contributed by atoms with van der Waals surface area (Å²) in [7, 11) is 0. The molecule has 9 heteroatoms. The number of carbonyl (C=O) groups is 1. The Hall–Kier alpha value is -4.37. The summed E-state index contributed by atoms with van der Waals surface area (Å²) in [5, 5.41) is 11.3. The maximum absolute atomic E-state index is 12.8. The van der Waals surface area contributed by atoms with Crippen LogP contribution < -0.4 is 10.1 Å². The summed E-state index contributed by atoms with van der Waals surface area (Å²) < 4.78 is 16.8. The van der Waals surface area contributed by atoms with Gasteiger partial charge in [0.2, 0.25) is 11.1 Å². The van der Waals surface area contributed by atoms with E-state index in [-0.39, 0.29) is 5.91 Å². The van der Waals surface area contributed by atoms with Crippen molar-refractivity contribution in [2.75, 3.05) is 5.32 Å². The Kier molecular flexibility index (Phi) is 6.58. The number of rotatable bonds is 8. The van der Waals surface area contributed by atoms with Crippen molar-refractivity contribution in [2.45, 2.75) is 17.3 Å². The van der Waals surface area contributed by atoms with Gasteiger partial charge in [-0.1, -0.05) is 30.0 Å². The van der Waals surface area contributed by atoms with Gasteiger partial charge < -0.3 is 18.9 Å². The molecule has 1 amide bonds. The van der Waals surface area contributed by atoms with Crippen molar-refractivity contribution in [1.82, 2.24) is 15.2 Å². The molecule has 0 radical (unpaired) electrons. The van der Waals surface area contributed by atoms with E-state index in [9.17, 15) is 4.79 Å². The van der Waals surface area contributed by atoms with E-state index in [1.807, 2.05) is 30.3 Å². The van der Waals surface area contributed by atoms with Crippen LogP contribution in [0.15, 0.2) is 105 Å². The van der Waals surface area contributed by atoms with Gasteiger partial charge >= 0.3 is 0 Å². The first kappa shape index (κ1) is 22.4. The Morgan fingerprint density at radius 3 is 2.14 bits per heavy atom. The van der Waals surface area contributed by atoms with Crippen LogP contribution in [0.25, 0.3) is 22.9 Å². The second-order valence-electron chi connectivity index (χ2n) is 7.44. The van der Waals surface area contributed by atoms with Gasteiger partial charge in [0.25, 0.3) is 0 Å². The first-order valence-electron chi connectivity index (χ1n) is 10.8. The number of benzene rings is 2. The van der Waals surface area contributed by atoms with Crippen molar-refractivity contribution in [3.63, 3.8) is 0 Å². The summed E-state index contributed by atoms with van der Waals surface area (Å²) in [6.45, 7) is 1.78. The van der Waals surface area contributed by atoms with Crippen molar-refractivity contribution in [3.05, 3.63) is 91.4 Å². The number of hydrogen-bond acceptors (Lipinski definition) is 8. The number of nitrogens with one attached hydrogen (secondary N) is 1. The molecule has 0 saturated heterocycles. The number of furan rings is 2. The van der Waals surface area contributed by atoms with Crippen LogP contribution in [0.4, 0.5) is 5.69 Å². The van der Waals surface area contributed by atoms with E-state index in [2.05, 4.69) is 20.5 Å². The van der Waals surface area contributed by atoms with Gasteiger partial charge in [-0.2, -0.15) is 0 Å². The van der Waals surface area contributed by atoms with Crippen LogP contribution in [0.3, 0.4) is 0 Å². The zero-order chi connectivity index (χ0) is 24.0. The van der Waals surface area contributed by atoms with E-state index >= 15 is 0 Å². The van der Waals surface area contributed by atoms with E-state index in [4.69, 9.17) is 13.6 Å². The second-order valence-corrected chi connectivity index (χ2v) is 8.74. The Labute approximate surface area is 205 Å². The van der Waals surface area contributed by atoms with E-state index in [0.717, 1.165) is 5.75 Å². The van der Waals surface area contributed by atoms with Gasteiger partial charge in [-0.25, -0.2) is 4.98 Å². The minimum absolute atomic E-state index is 0.190. The molecule has 0 bridgehead atoms. The Bertz CT molecular complexity index is 1390. The Morgan fingerprint density at radius 1 is 0.829 bits per heavy atom. The molecule has 0 aliphatic rings. The minimum atomic E-state index is -0.476. The molecule has 5 rings (SSSR count). The highest BCUT2D eigenvalue weighted by Gasteiger charge is 2.21. The summed E-state index contributed by atoms with van der Waals surface area (Å²) in [5.41, 5.74) is 1.61. The Morgan fingerprint density at radius 2 is 1.49 bits per heavy atom. The van der Waals surface area contributed by atoms with E-state index in [1.165, 1.54) is 11.8 Å². The standard InChI is InChI=1S/C26H20N4O4S/c1-17(25(31)27-18-11-13-20(14-12-18)34-19-7-3-2-4-8-19)35-26-28-23(21-9-5-15-32-21)24(29-30-26)22-10-6-16-33-22/h2-17H,1H3,(H,27,31). The number of hydrogen-bond donors (Lipinski definition) is 1. The normalized spacial score (nSPS) is 11.7. The molecule has 1 N–H and O–H groups in total. The third kappa shape index (κ3) is 5.42. The molecule has 174 valence electrons. The lowest BCUT2D eigenvalue weighted by molar-refractivity contribution is -0.115. The molecule has 1 atom stereocenters. The lowest BCUT2D eigenvalue weighted by Gasteiger charge is -2.12. The van der Waals surface area contributed by atoms with Gasteiger partial charge in [-0.05, 0) is 67.6 Å². The van der Waals surface area contributed by atoms with Crippen molar-refractivity contribution in [2.24, 2.45) is 0 Å². The maximum Gasteiger partial charge on any atom is 0.237 e. The molecule has 8 nitrogen and oxygen atoms in total. The molecular weight excluding hydrogens is 464 g/mol. The third-order valence-electron chi connectivity index (χ3n) is 4.93. The summed E-state index contributed by atoms with van der Waals surface area (Å²) >= 11 is 1.20. The average molecular weight is 485 g/mol. The number of anilines is 1. The van der Waals surface area contributed by atoms with Crippen LogP contribution in [0.2, 0.25) is 0 Å². The fourth-order valence-electron chi connectivity index (χ4n) is 3.21. The zero-order valence-electron chi connectivity index (χ0n) is 18.6. The lowest BCUT2D eigenvalue weighted by atomic mass is 10.2. The highest BCUT2D eigenvalue weighted by molar-refractivity contribution is 8.00.